The van der Waals surface area contributed by atoms with Crippen molar-refractivity contribution in [2.24, 2.45) is 11.8 Å². The molecule has 4 rings (SSSR count). The van der Waals surface area contributed by atoms with Crippen molar-refractivity contribution < 1.29 is 24.2 Å². The summed E-state index contributed by atoms with van der Waals surface area (Å²) in [7, 11) is 1.31. The summed E-state index contributed by atoms with van der Waals surface area (Å²) in [5, 5.41) is 13.1. The average Bonchev–Trinajstić information content (AvgIpc) is 3.27. The molecule has 0 saturated carbocycles. The number of nitrogens with zero attached hydrogens (tertiary/aromatic N) is 1. The number of nitrogens with one attached hydrogen (secondary N) is 1. The minimum Gasteiger partial charge on any atom is -0.508 e. The molecular formula is C25H28N2O5. The molecule has 2 aliphatic heterocycles. The molecule has 2 heterocycles. The van der Waals surface area contributed by atoms with Crippen LogP contribution < -0.4 is 10.2 Å². The molecule has 168 valence electrons. The van der Waals surface area contributed by atoms with E-state index in [1.807, 2.05) is 26.0 Å². The first kappa shape index (κ1) is 22.0. The van der Waals surface area contributed by atoms with Crippen molar-refractivity contribution in [1.82, 2.24) is 5.32 Å². The van der Waals surface area contributed by atoms with Gasteiger partial charge in [0.05, 0.1) is 24.6 Å². The number of rotatable bonds is 6. The van der Waals surface area contributed by atoms with Crippen molar-refractivity contribution in [2.45, 2.75) is 44.7 Å². The van der Waals surface area contributed by atoms with Crippen LogP contribution in [0.5, 0.6) is 5.75 Å². The molecule has 2 amide bonds. The Morgan fingerprint density at radius 2 is 1.75 bits per heavy atom. The molecule has 4 atom stereocenters. The Hall–Kier alpha value is -3.19. The smallest absolute Gasteiger partial charge is 0.326 e. The minimum atomic E-state index is -1.30. The lowest BCUT2D eigenvalue weighted by Gasteiger charge is -2.32. The van der Waals surface area contributed by atoms with Crippen molar-refractivity contribution in [1.29, 1.82) is 0 Å². The van der Waals surface area contributed by atoms with Gasteiger partial charge in [0.1, 0.15) is 11.3 Å². The zero-order valence-corrected chi connectivity index (χ0v) is 18.5. The lowest BCUT2D eigenvalue weighted by Crippen LogP contribution is -2.56. The molecular weight excluding hydrogens is 408 g/mol. The normalized spacial score (nSPS) is 27.0. The van der Waals surface area contributed by atoms with Gasteiger partial charge in [-0.2, -0.15) is 0 Å². The number of carbonyl (C=O) groups is 3. The maximum absolute atomic E-state index is 13.7. The number of phenolic OH excluding ortho intramolecular Hbond substituents is 1. The number of fused-ring (bicyclic) bond motifs is 1. The van der Waals surface area contributed by atoms with Crippen LogP contribution in [-0.4, -0.2) is 35.5 Å². The van der Waals surface area contributed by atoms with Gasteiger partial charge in [0.25, 0.3) is 0 Å². The quantitative estimate of drug-likeness (QED) is 0.533. The highest BCUT2D eigenvalue weighted by molar-refractivity contribution is 6.24. The predicted molar refractivity (Wildman–Crippen MR) is 119 cm³/mol. The van der Waals surface area contributed by atoms with Crippen LogP contribution in [-0.2, 0) is 19.1 Å². The number of unbranched alkanes of at least 4 members (excludes halogenated alkanes) is 1. The third-order valence-electron chi connectivity index (χ3n) is 6.67. The fourth-order valence-corrected chi connectivity index (χ4v) is 5.08. The summed E-state index contributed by atoms with van der Waals surface area (Å²) < 4.78 is 5.16. The molecule has 0 spiro atoms. The molecule has 0 unspecified atom stereocenters. The second kappa shape index (κ2) is 8.39. The Morgan fingerprint density at radius 3 is 2.34 bits per heavy atom. The zero-order chi connectivity index (χ0) is 23.0. The van der Waals surface area contributed by atoms with Gasteiger partial charge in [-0.1, -0.05) is 49.6 Å². The second-order valence-electron chi connectivity index (χ2n) is 8.63. The first-order chi connectivity index (χ1) is 15.3. The van der Waals surface area contributed by atoms with Crippen molar-refractivity contribution >= 4 is 23.5 Å². The Bertz CT molecular complexity index is 1030. The van der Waals surface area contributed by atoms with E-state index >= 15 is 0 Å². The third kappa shape index (κ3) is 3.37. The fraction of sp³-hybridized carbons (Fsp3) is 0.400. The summed E-state index contributed by atoms with van der Waals surface area (Å²) in [6.45, 7) is 3.94. The lowest BCUT2D eigenvalue weighted by molar-refractivity contribution is -0.152. The lowest BCUT2D eigenvalue weighted by atomic mass is 9.76. The number of amides is 2. The largest absolute Gasteiger partial charge is 0.508 e. The van der Waals surface area contributed by atoms with Crippen molar-refractivity contribution in [3.63, 3.8) is 0 Å². The van der Waals surface area contributed by atoms with Crippen LogP contribution in [0.3, 0.4) is 0 Å². The summed E-state index contributed by atoms with van der Waals surface area (Å²) in [6.07, 6.45) is 1.90. The highest BCUT2D eigenvalue weighted by Crippen LogP contribution is 2.51. The molecule has 7 heteroatoms. The Kier molecular flexibility index (Phi) is 5.77. The van der Waals surface area contributed by atoms with Gasteiger partial charge in [0.15, 0.2) is 0 Å². The summed E-state index contributed by atoms with van der Waals surface area (Å²) in [4.78, 5) is 41.8. The van der Waals surface area contributed by atoms with Crippen LogP contribution in [0.1, 0.15) is 43.4 Å². The fourth-order valence-electron chi connectivity index (χ4n) is 5.08. The molecule has 0 radical (unpaired) electrons. The van der Waals surface area contributed by atoms with Gasteiger partial charge >= 0.3 is 5.97 Å². The van der Waals surface area contributed by atoms with Gasteiger partial charge in [-0.15, -0.1) is 0 Å². The van der Waals surface area contributed by atoms with Gasteiger partial charge in [0, 0.05) is 6.04 Å². The Balaban J connectivity index is 1.85. The van der Waals surface area contributed by atoms with Crippen molar-refractivity contribution in [3.8, 4) is 5.75 Å². The van der Waals surface area contributed by atoms with Gasteiger partial charge < -0.3 is 9.84 Å². The first-order valence-corrected chi connectivity index (χ1v) is 10.9. The molecule has 2 fully saturated rings. The van der Waals surface area contributed by atoms with Gasteiger partial charge in [-0.05, 0) is 43.2 Å². The van der Waals surface area contributed by atoms with Gasteiger partial charge in [-0.3, -0.25) is 19.7 Å². The van der Waals surface area contributed by atoms with Crippen molar-refractivity contribution in [2.75, 3.05) is 12.0 Å². The first-order valence-electron chi connectivity index (χ1n) is 10.9. The van der Waals surface area contributed by atoms with Crippen LogP contribution in [0.4, 0.5) is 5.69 Å². The Labute approximate surface area is 187 Å². The number of methoxy groups -OCH3 is 1. The highest BCUT2D eigenvalue weighted by Gasteiger charge is 2.68. The maximum atomic E-state index is 13.7. The number of anilines is 1. The van der Waals surface area contributed by atoms with E-state index in [0.29, 0.717) is 18.5 Å². The molecule has 2 aromatic rings. The molecule has 7 nitrogen and oxygen atoms in total. The zero-order valence-electron chi connectivity index (χ0n) is 18.5. The SMILES string of the molecule is CCCC[C@@]1(C(=O)OC)N[C@@H](c2ccc(O)cc2)[C@H]2C(=O)N(c3ccc(C)cc3)C(=O)[C@H]21. The van der Waals surface area contributed by atoms with E-state index in [1.165, 1.54) is 24.1 Å². The molecule has 2 N–H and O–H groups in total. The number of aryl methyl sites for hydroxylation is 1. The number of imide groups is 1. The van der Waals surface area contributed by atoms with E-state index < -0.39 is 29.4 Å². The average molecular weight is 437 g/mol. The molecule has 2 aromatic carbocycles. The number of carbonyl (C=O) groups excluding carboxylic acids is 3. The molecule has 0 bridgehead atoms. The summed E-state index contributed by atoms with van der Waals surface area (Å²) >= 11 is 0. The van der Waals surface area contributed by atoms with E-state index in [9.17, 15) is 19.5 Å². The number of ether oxygens (including phenoxy) is 1. The number of hydrogen-bond acceptors (Lipinski definition) is 6. The van der Waals surface area contributed by atoms with E-state index in [2.05, 4.69) is 5.32 Å². The second-order valence-corrected chi connectivity index (χ2v) is 8.63. The monoisotopic (exact) mass is 436 g/mol. The molecule has 2 saturated heterocycles. The van der Waals surface area contributed by atoms with Crippen LogP contribution in [0.15, 0.2) is 48.5 Å². The number of hydrogen-bond donors (Lipinski definition) is 2. The topological polar surface area (TPSA) is 95.9 Å². The summed E-state index contributed by atoms with van der Waals surface area (Å²) in [5.41, 5.74) is 0.943. The molecule has 0 aliphatic carbocycles. The van der Waals surface area contributed by atoms with E-state index in [4.69, 9.17) is 4.74 Å². The van der Waals surface area contributed by atoms with Gasteiger partial charge in [0.2, 0.25) is 11.8 Å². The summed E-state index contributed by atoms with van der Waals surface area (Å²) in [6, 6.07) is 13.1. The van der Waals surface area contributed by atoms with E-state index in [0.717, 1.165) is 17.5 Å². The molecule has 0 aromatic heterocycles. The number of benzene rings is 2. The van der Waals surface area contributed by atoms with Crippen LogP contribution in [0.2, 0.25) is 0 Å². The standard InChI is InChI=1S/C25H28N2O5/c1-4-5-14-25(24(31)32-3)20-19(21(26-25)16-8-12-18(28)13-9-16)22(29)27(23(20)30)17-10-6-15(2)7-11-17/h6-13,19-21,26,28H,4-5,14H2,1-3H3/t19-,20-,21-,25+/m0/s1. The number of phenols is 1. The van der Waals surface area contributed by atoms with Crippen molar-refractivity contribution in [3.05, 3.63) is 59.7 Å². The van der Waals surface area contributed by atoms with E-state index in [-0.39, 0.29) is 17.6 Å². The predicted octanol–water partition coefficient (Wildman–Crippen LogP) is 3.25. The molecule has 32 heavy (non-hydrogen) atoms. The minimum absolute atomic E-state index is 0.101. The van der Waals surface area contributed by atoms with Gasteiger partial charge in [-0.25, -0.2) is 4.90 Å². The number of esters is 1. The van der Waals surface area contributed by atoms with Crippen LogP contribution in [0.25, 0.3) is 0 Å². The maximum Gasteiger partial charge on any atom is 0.326 e. The van der Waals surface area contributed by atoms with E-state index in [1.54, 1.807) is 24.3 Å². The van der Waals surface area contributed by atoms with Crippen LogP contribution >= 0.6 is 0 Å². The van der Waals surface area contributed by atoms with Crippen LogP contribution in [0, 0.1) is 18.8 Å². The third-order valence-corrected chi connectivity index (χ3v) is 6.67. The summed E-state index contributed by atoms with van der Waals surface area (Å²) in [5.74, 6) is -2.80. The Morgan fingerprint density at radius 1 is 1.09 bits per heavy atom. The molecule has 2 aliphatic rings. The highest BCUT2D eigenvalue weighted by atomic mass is 16.5. The number of aromatic hydroxyl groups is 1.